The summed E-state index contributed by atoms with van der Waals surface area (Å²) < 4.78 is 4.77. The van der Waals surface area contributed by atoms with Crippen molar-refractivity contribution in [3.63, 3.8) is 0 Å². The summed E-state index contributed by atoms with van der Waals surface area (Å²) in [4.78, 5) is 35.7. The van der Waals surface area contributed by atoms with Gasteiger partial charge in [0.2, 0.25) is 5.91 Å². The second kappa shape index (κ2) is 13.4. The summed E-state index contributed by atoms with van der Waals surface area (Å²) in [7, 11) is 1.24. The minimum atomic E-state index is -1.34. The van der Waals surface area contributed by atoms with Crippen LogP contribution >= 0.6 is 0 Å². The molecular weight excluding hydrogens is 387 g/mol. The van der Waals surface area contributed by atoms with Gasteiger partial charge in [-0.2, -0.15) is 0 Å². The first-order chi connectivity index (χ1) is 12.6. The fourth-order valence-corrected chi connectivity index (χ4v) is 2.50. The van der Waals surface area contributed by atoms with Gasteiger partial charge >= 0.3 is 57.4 Å². The third-order valence-corrected chi connectivity index (χ3v) is 4.04. The molecule has 0 heterocycles. The number of hydrogen-bond donors (Lipinski definition) is 2. The summed E-state index contributed by atoms with van der Waals surface area (Å²) in [6.07, 6.45) is 0.531. The molecule has 0 unspecified atom stereocenters. The molecule has 0 fully saturated rings. The molecule has 0 aliphatic rings. The number of methoxy groups -OCH3 is 1. The summed E-state index contributed by atoms with van der Waals surface area (Å²) in [5, 5.41) is 16.6. The van der Waals surface area contributed by atoms with Crippen molar-refractivity contribution < 1.29 is 75.6 Å². The van der Waals surface area contributed by atoms with Gasteiger partial charge in [0.05, 0.1) is 13.2 Å². The van der Waals surface area contributed by atoms with Crippen molar-refractivity contribution in [3.05, 3.63) is 35.9 Å². The van der Waals surface area contributed by atoms with Crippen LogP contribution in [0.15, 0.2) is 30.3 Å². The minimum absolute atomic E-state index is 0. The van der Waals surface area contributed by atoms with Crippen LogP contribution in [0.4, 0.5) is 0 Å². The Morgan fingerprint density at radius 3 is 2.21 bits per heavy atom. The molecule has 7 nitrogen and oxygen atoms in total. The van der Waals surface area contributed by atoms with Crippen molar-refractivity contribution in [2.75, 3.05) is 13.7 Å². The molecule has 0 aliphatic heterocycles. The van der Waals surface area contributed by atoms with Crippen LogP contribution in [-0.4, -0.2) is 43.6 Å². The van der Waals surface area contributed by atoms with E-state index in [4.69, 9.17) is 4.74 Å². The molecule has 0 spiro atoms. The number of ether oxygens (including phenoxy) is 1. The van der Waals surface area contributed by atoms with E-state index in [2.05, 4.69) is 31.4 Å². The van der Waals surface area contributed by atoms with E-state index in [0.29, 0.717) is 6.54 Å². The molecule has 0 radical (unpaired) electrons. The number of nitrogens with one attached hydrogen (secondary N) is 2. The largest absolute Gasteiger partial charge is 1.00 e. The fraction of sp³-hybridized carbons (Fsp3) is 0.550. The summed E-state index contributed by atoms with van der Waals surface area (Å²) in [6.45, 7) is 6.62. The third kappa shape index (κ3) is 11.3. The van der Waals surface area contributed by atoms with E-state index in [1.165, 1.54) is 7.11 Å². The van der Waals surface area contributed by atoms with Crippen LogP contribution in [0.25, 0.3) is 0 Å². The van der Waals surface area contributed by atoms with Gasteiger partial charge < -0.3 is 25.3 Å². The minimum Gasteiger partial charge on any atom is -0.550 e. The molecule has 1 aromatic carbocycles. The van der Waals surface area contributed by atoms with Crippen LogP contribution in [0.1, 0.15) is 39.2 Å². The van der Waals surface area contributed by atoms with E-state index in [1.54, 1.807) is 0 Å². The van der Waals surface area contributed by atoms with Gasteiger partial charge in [0.25, 0.3) is 0 Å². The van der Waals surface area contributed by atoms with E-state index in [0.717, 1.165) is 12.0 Å². The monoisotopic (exact) mass is 416 g/mol. The maximum absolute atomic E-state index is 12.6. The van der Waals surface area contributed by atoms with Gasteiger partial charge in [0.15, 0.2) is 0 Å². The van der Waals surface area contributed by atoms with Gasteiger partial charge in [-0.1, -0.05) is 51.1 Å². The Morgan fingerprint density at radius 1 is 1.11 bits per heavy atom. The Balaban J connectivity index is 0.00000729. The van der Waals surface area contributed by atoms with Crippen molar-refractivity contribution in [1.82, 2.24) is 10.6 Å². The number of rotatable bonds is 10. The van der Waals surface area contributed by atoms with Crippen LogP contribution in [0.5, 0.6) is 0 Å². The Hall–Kier alpha value is -0.774. The van der Waals surface area contributed by atoms with Gasteiger partial charge in [0, 0.05) is 18.8 Å². The van der Waals surface area contributed by atoms with Gasteiger partial charge in [-0.05, 0) is 23.9 Å². The van der Waals surface area contributed by atoms with Crippen LogP contribution < -0.4 is 67.1 Å². The number of benzene rings is 1. The van der Waals surface area contributed by atoms with Crippen molar-refractivity contribution in [1.29, 1.82) is 0 Å². The molecule has 0 saturated carbocycles. The van der Waals surface area contributed by atoms with Crippen LogP contribution in [0, 0.1) is 5.41 Å². The Labute approximate surface area is 209 Å². The standard InChI is InChI=1S/C20H30N2O5.K/c1-20(2,3)10-11-21-15(13-17(23)24)18(25)22-16(19(26)27-4)12-14-8-6-5-7-9-14;/h5-9,15-16,21H,10-13H2,1-4H3,(H,22,25)(H,23,24);/q;+1/p-1/t15-,16-;/m0./s1. The summed E-state index contributed by atoms with van der Waals surface area (Å²) in [5.41, 5.74) is 0.891. The topological polar surface area (TPSA) is 108 Å². The zero-order valence-electron chi connectivity index (χ0n) is 17.4. The number of amides is 1. The average molecular weight is 417 g/mol. The quantitative estimate of drug-likeness (QED) is 0.321. The Kier molecular flexibility index (Phi) is 13.1. The zero-order chi connectivity index (χ0) is 20.4. The Bertz CT molecular complexity index is 631. The van der Waals surface area contributed by atoms with E-state index >= 15 is 0 Å². The number of hydrogen-bond acceptors (Lipinski definition) is 6. The van der Waals surface area contributed by atoms with E-state index < -0.39 is 36.4 Å². The molecule has 1 rings (SSSR count). The molecule has 2 atom stereocenters. The van der Waals surface area contributed by atoms with Gasteiger partial charge in [-0.25, -0.2) is 4.79 Å². The molecule has 1 amide bonds. The third-order valence-electron chi connectivity index (χ3n) is 4.04. The number of carbonyl (C=O) groups is 3. The number of carboxylic acids is 1. The molecule has 1 aromatic rings. The molecule has 0 saturated heterocycles. The molecular formula is C20H29KN2O5. The predicted octanol–water partition coefficient (Wildman–Crippen LogP) is -2.57. The van der Waals surface area contributed by atoms with Crippen LogP contribution in [-0.2, 0) is 25.5 Å². The summed E-state index contributed by atoms with van der Waals surface area (Å²) >= 11 is 0. The first-order valence-corrected chi connectivity index (χ1v) is 8.97. The van der Waals surface area contributed by atoms with Crippen molar-refractivity contribution >= 4 is 17.8 Å². The summed E-state index contributed by atoms with van der Waals surface area (Å²) in [5.74, 6) is -2.50. The number of carboxylic acid groups (broad SMARTS) is 1. The van der Waals surface area contributed by atoms with Crippen LogP contribution in [0.2, 0.25) is 0 Å². The van der Waals surface area contributed by atoms with Crippen LogP contribution in [0.3, 0.4) is 0 Å². The fourth-order valence-electron chi connectivity index (χ4n) is 2.50. The smallest absolute Gasteiger partial charge is 0.550 e. The zero-order valence-corrected chi connectivity index (χ0v) is 20.5. The van der Waals surface area contributed by atoms with Crippen molar-refractivity contribution in [2.45, 2.75) is 52.1 Å². The molecule has 2 N–H and O–H groups in total. The second-order valence-corrected chi connectivity index (χ2v) is 7.67. The maximum atomic E-state index is 12.6. The number of carbonyl (C=O) groups excluding carboxylic acids is 3. The Morgan fingerprint density at radius 2 is 1.71 bits per heavy atom. The summed E-state index contributed by atoms with van der Waals surface area (Å²) in [6, 6.07) is 7.30. The van der Waals surface area contributed by atoms with Gasteiger partial charge in [-0.15, -0.1) is 0 Å². The van der Waals surface area contributed by atoms with E-state index in [1.807, 2.05) is 30.3 Å². The molecule has 0 aromatic heterocycles. The van der Waals surface area contributed by atoms with Gasteiger partial charge in [0.1, 0.15) is 6.04 Å². The normalized spacial score (nSPS) is 13.0. The molecule has 8 heteroatoms. The molecule has 150 valence electrons. The van der Waals surface area contributed by atoms with Gasteiger partial charge in [-0.3, -0.25) is 4.79 Å². The predicted molar refractivity (Wildman–Crippen MR) is 99.6 cm³/mol. The van der Waals surface area contributed by atoms with Crippen molar-refractivity contribution in [3.8, 4) is 0 Å². The first kappa shape index (κ1) is 27.2. The number of esters is 1. The SMILES string of the molecule is COC(=O)[C@H](Cc1ccccc1)NC(=O)[C@H](CC(=O)[O-])NCCC(C)(C)C.[K+]. The van der Waals surface area contributed by atoms with E-state index in [-0.39, 0.29) is 63.2 Å². The number of aliphatic carboxylic acids is 1. The molecule has 28 heavy (non-hydrogen) atoms. The molecule has 0 aliphatic carbocycles. The average Bonchev–Trinajstić information content (AvgIpc) is 2.59. The second-order valence-electron chi connectivity index (χ2n) is 7.67. The first-order valence-electron chi connectivity index (χ1n) is 8.97. The van der Waals surface area contributed by atoms with Crippen molar-refractivity contribution in [2.24, 2.45) is 5.41 Å². The maximum Gasteiger partial charge on any atom is 1.00 e. The molecule has 0 bridgehead atoms. The van der Waals surface area contributed by atoms with E-state index in [9.17, 15) is 19.5 Å².